The van der Waals surface area contributed by atoms with Gasteiger partial charge >= 0.3 is 0 Å². The molecule has 1 spiro atoms. The molecule has 0 saturated carbocycles. The van der Waals surface area contributed by atoms with E-state index in [1.165, 1.54) is 0 Å². The number of nitrogens with one attached hydrogen (secondary N) is 2. The fourth-order valence-electron chi connectivity index (χ4n) is 4.38. The van der Waals surface area contributed by atoms with Crippen LogP contribution < -0.4 is 15.4 Å². The molecule has 2 aromatic carbocycles. The third kappa shape index (κ3) is 2.80. The number of carbonyl (C=O) groups excluding carboxylic acids is 2. The summed E-state index contributed by atoms with van der Waals surface area (Å²) < 4.78 is 5.64. The number of hydrogen-bond donors (Lipinski definition) is 2. The van der Waals surface area contributed by atoms with Crippen molar-refractivity contribution in [2.24, 2.45) is 0 Å². The second-order valence-electron chi connectivity index (χ2n) is 7.77. The highest BCUT2D eigenvalue weighted by Gasteiger charge is 2.45. The van der Waals surface area contributed by atoms with Crippen molar-refractivity contribution in [1.82, 2.24) is 4.90 Å². The van der Waals surface area contributed by atoms with Crippen LogP contribution in [0.2, 0.25) is 0 Å². The zero-order valence-corrected chi connectivity index (χ0v) is 15.7. The fraction of sp³-hybridized carbons (Fsp3) is 0.364. The summed E-state index contributed by atoms with van der Waals surface area (Å²) in [6, 6.07) is 13.4. The number of amides is 2. The van der Waals surface area contributed by atoms with Crippen molar-refractivity contribution >= 4 is 23.2 Å². The maximum Gasteiger partial charge on any atom is 0.253 e. The molecule has 2 N–H and O–H groups in total. The molecule has 6 nitrogen and oxygen atoms in total. The number of fused-ring (bicyclic) bond motifs is 2. The summed E-state index contributed by atoms with van der Waals surface area (Å²) in [6.45, 7) is 1.84. The summed E-state index contributed by atoms with van der Waals surface area (Å²) >= 11 is 0. The van der Waals surface area contributed by atoms with Gasteiger partial charge in [-0.15, -0.1) is 0 Å². The third-order valence-corrected chi connectivity index (χ3v) is 6.04. The van der Waals surface area contributed by atoms with Gasteiger partial charge in [-0.25, -0.2) is 0 Å². The normalized spacial score (nSPS) is 19.7. The van der Waals surface area contributed by atoms with E-state index in [0.29, 0.717) is 31.5 Å². The topological polar surface area (TPSA) is 70.7 Å². The van der Waals surface area contributed by atoms with Crippen molar-refractivity contribution in [3.8, 4) is 5.75 Å². The van der Waals surface area contributed by atoms with Crippen LogP contribution in [0.3, 0.4) is 0 Å². The Balaban J connectivity index is 1.31. The second-order valence-corrected chi connectivity index (χ2v) is 7.77. The van der Waals surface area contributed by atoms with E-state index in [4.69, 9.17) is 4.74 Å². The molecule has 5 rings (SSSR count). The van der Waals surface area contributed by atoms with Crippen LogP contribution in [0, 0.1) is 0 Å². The molecule has 0 aliphatic carbocycles. The van der Waals surface area contributed by atoms with E-state index in [1.54, 1.807) is 0 Å². The number of ether oxygens (including phenoxy) is 1. The van der Waals surface area contributed by atoms with Gasteiger partial charge in [0.2, 0.25) is 5.91 Å². The lowest BCUT2D eigenvalue weighted by molar-refractivity contribution is -0.122. The SMILES string of the molecule is O=C(c1ccc2c(c1)CCCO2)N1CCC2(CC1)Nc1ccccc1NC2=O. The van der Waals surface area contributed by atoms with Crippen LogP contribution in [0.4, 0.5) is 11.4 Å². The van der Waals surface area contributed by atoms with Crippen LogP contribution in [-0.4, -0.2) is 41.9 Å². The smallest absolute Gasteiger partial charge is 0.253 e. The minimum absolute atomic E-state index is 0.00997. The zero-order chi connectivity index (χ0) is 19.1. The first-order valence-electron chi connectivity index (χ1n) is 9.88. The quantitative estimate of drug-likeness (QED) is 0.801. The molecule has 144 valence electrons. The molecule has 0 radical (unpaired) electrons. The molecule has 0 aromatic heterocycles. The molecule has 2 aromatic rings. The summed E-state index contributed by atoms with van der Waals surface area (Å²) in [5, 5.41) is 6.45. The molecule has 1 fully saturated rings. The van der Waals surface area contributed by atoms with E-state index in [1.807, 2.05) is 47.4 Å². The van der Waals surface area contributed by atoms with E-state index in [-0.39, 0.29) is 11.8 Å². The van der Waals surface area contributed by atoms with Crippen LogP contribution in [0.25, 0.3) is 0 Å². The Labute approximate surface area is 163 Å². The number of likely N-dealkylation sites (tertiary alicyclic amines) is 1. The summed E-state index contributed by atoms with van der Waals surface area (Å²) in [7, 11) is 0. The molecular formula is C22H23N3O3. The predicted molar refractivity (Wildman–Crippen MR) is 107 cm³/mol. The van der Waals surface area contributed by atoms with Gasteiger partial charge in [-0.3, -0.25) is 9.59 Å². The summed E-state index contributed by atoms with van der Waals surface area (Å²) in [4.78, 5) is 27.6. The van der Waals surface area contributed by atoms with Crippen molar-refractivity contribution in [2.45, 2.75) is 31.2 Å². The molecule has 6 heteroatoms. The molecular weight excluding hydrogens is 354 g/mol. The first kappa shape index (κ1) is 17.1. The number of hydrogen-bond acceptors (Lipinski definition) is 4. The Morgan fingerprint density at radius 3 is 2.68 bits per heavy atom. The number of benzene rings is 2. The van der Waals surface area contributed by atoms with E-state index in [2.05, 4.69) is 10.6 Å². The number of anilines is 2. The van der Waals surface area contributed by atoms with Crippen LogP contribution in [-0.2, 0) is 11.2 Å². The lowest BCUT2D eigenvalue weighted by atomic mass is 9.84. The molecule has 3 aliphatic heterocycles. The lowest BCUT2D eigenvalue weighted by Crippen LogP contribution is -2.59. The van der Waals surface area contributed by atoms with Gasteiger partial charge in [0.05, 0.1) is 18.0 Å². The van der Waals surface area contributed by atoms with Gasteiger partial charge in [0.1, 0.15) is 11.3 Å². The first-order valence-corrected chi connectivity index (χ1v) is 9.88. The molecule has 0 unspecified atom stereocenters. The summed E-state index contributed by atoms with van der Waals surface area (Å²) in [5.41, 5.74) is 2.92. The first-order chi connectivity index (χ1) is 13.6. The van der Waals surface area contributed by atoms with E-state index in [9.17, 15) is 9.59 Å². The van der Waals surface area contributed by atoms with Gasteiger partial charge in [0, 0.05) is 18.7 Å². The van der Waals surface area contributed by atoms with Gasteiger partial charge in [-0.1, -0.05) is 12.1 Å². The van der Waals surface area contributed by atoms with Crippen LogP contribution >= 0.6 is 0 Å². The monoisotopic (exact) mass is 377 g/mol. The highest BCUT2D eigenvalue weighted by Crippen LogP contribution is 2.36. The highest BCUT2D eigenvalue weighted by atomic mass is 16.5. The largest absolute Gasteiger partial charge is 0.493 e. The van der Waals surface area contributed by atoms with Gasteiger partial charge in [0.15, 0.2) is 0 Å². The summed E-state index contributed by atoms with van der Waals surface area (Å²) in [5.74, 6) is 0.909. The molecule has 28 heavy (non-hydrogen) atoms. The number of rotatable bonds is 1. The van der Waals surface area contributed by atoms with Gasteiger partial charge in [-0.2, -0.15) is 0 Å². The van der Waals surface area contributed by atoms with E-state index in [0.717, 1.165) is 42.1 Å². The number of aryl methyl sites for hydroxylation is 1. The molecule has 0 bridgehead atoms. The highest BCUT2D eigenvalue weighted by molar-refractivity contribution is 6.06. The number of para-hydroxylation sites is 2. The zero-order valence-electron chi connectivity index (χ0n) is 15.7. The maximum absolute atomic E-state index is 13.0. The molecule has 2 amide bonds. The Hall–Kier alpha value is -3.02. The Bertz CT molecular complexity index is 948. The molecule has 3 aliphatic rings. The second kappa shape index (κ2) is 6.55. The van der Waals surface area contributed by atoms with Crippen LogP contribution in [0.5, 0.6) is 5.75 Å². The standard InChI is InChI=1S/C22H23N3O3/c26-20(16-7-8-19-15(14-16)4-3-13-28-19)25-11-9-22(10-12-25)21(27)23-17-5-1-2-6-18(17)24-22/h1-2,5-8,14,24H,3-4,9-13H2,(H,23,27). The molecule has 3 heterocycles. The van der Waals surface area contributed by atoms with Crippen LogP contribution in [0.15, 0.2) is 42.5 Å². The van der Waals surface area contributed by atoms with E-state index >= 15 is 0 Å². The fourth-order valence-corrected chi connectivity index (χ4v) is 4.38. The average molecular weight is 377 g/mol. The Morgan fingerprint density at radius 2 is 1.86 bits per heavy atom. The van der Waals surface area contributed by atoms with Crippen LogP contribution in [0.1, 0.15) is 35.2 Å². The minimum atomic E-state index is -0.644. The van der Waals surface area contributed by atoms with Crippen molar-refractivity contribution in [2.75, 3.05) is 30.3 Å². The van der Waals surface area contributed by atoms with Crippen molar-refractivity contribution in [1.29, 1.82) is 0 Å². The van der Waals surface area contributed by atoms with E-state index < -0.39 is 5.54 Å². The lowest BCUT2D eigenvalue weighted by Gasteiger charge is -2.44. The maximum atomic E-state index is 13.0. The van der Waals surface area contributed by atoms with Gasteiger partial charge < -0.3 is 20.3 Å². The molecule has 1 saturated heterocycles. The van der Waals surface area contributed by atoms with Crippen molar-refractivity contribution in [3.05, 3.63) is 53.6 Å². The third-order valence-electron chi connectivity index (χ3n) is 6.04. The minimum Gasteiger partial charge on any atom is -0.493 e. The number of nitrogens with zero attached hydrogens (tertiary/aromatic N) is 1. The predicted octanol–water partition coefficient (Wildman–Crippen LogP) is 3.05. The number of carbonyl (C=O) groups is 2. The van der Waals surface area contributed by atoms with Gasteiger partial charge in [0.25, 0.3) is 5.91 Å². The number of piperidine rings is 1. The Morgan fingerprint density at radius 1 is 1.07 bits per heavy atom. The average Bonchev–Trinajstić information content (AvgIpc) is 2.74. The van der Waals surface area contributed by atoms with Crippen molar-refractivity contribution < 1.29 is 14.3 Å². The molecule has 0 atom stereocenters. The van der Waals surface area contributed by atoms with Crippen molar-refractivity contribution in [3.63, 3.8) is 0 Å². The summed E-state index contributed by atoms with van der Waals surface area (Å²) in [6.07, 6.45) is 3.11. The van der Waals surface area contributed by atoms with Gasteiger partial charge in [-0.05, 0) is 61.6 Å². The Kier molecular flexibility index (Phi) is 4.00.